The van der Waals surface area contributed by atoms with Gasteiger partial charge in [0, 0.05) is 51.6 Å². The summed E-state index contributed by atoms with van der Waals surface area (Å²) in [5.41, 5.74) is 0. The Labute approximate surface area is 163 Å². The summed E-state index contributed by atoms with van der Waals surface area (Å²) in [7, 11) is 2.10. The molecule has 1 atom stereocenters. The lowest BCUT2D eigenvalue weighted by molar-refractivity contribution is 0.181. The van der Waals surface area contributed by atoms with Crippen LogP contribution in [0.5, 0.6) is 0 Å². The predicted octanol–water partition coefficient (Wildman–Crippen LogP) is 2.59. The van der Waals surface area contributed by atoms with Crippen molar-refractivity contribution < 1.29 is 4.74 Å². The zero-order valence-electron chi connectivity index (χ0n) is 15.4. The summed E-state index contributed by atoms with van der Waals surface area (Å²) in [5, 5.41) is 3.38. The minimum Gasteiger partial charge on any atom is -0.381 e. The van der Waals surface area contributed by atoms with E-state index in [-0.39, 0.29) is 24.0 Å². The molecule has 1 aromatic heterocycles. The van der Waals surface area contributed by atoms with Crippen LogP contribution in [-0.2, 0) is 17.8 Å². The van der Waals surface area contributed by atoms with Crippen molar-refractivity contribution in [2.75, 3.05) is 33.4 Å². The van der Waals surface area contributed by atoms with Gasteiger partial charge in [0.2, 0.25) is 0 Å². The van der Waals surface area contributed by atoms with Gasteiger partial charge in [-0.3, -0.25) is 0 Å². The number of nitrogens with zero attached hydrogens (tertiary/aromatic N) is 4. The molecule has 24 heavy (non-hydrogen) atoms. The number of aromatic nitrogens is 2. The average molecular weight is 449 g/mol. The topological polar surface area (TPSA) is 54.7 Å². The molecule has 0 amide bonds. The van der Waals surface area contributed by atoms with Crippen molar-refractivity contribution in [3.8, 4) is 0 Å². The normalized spacial score (nSPS) is 17.9. The number of hydrogen-bond donors (Lipinski definition) is 1. The zero-order valence-corrected chi connectivity index (χ0v) is 17.7. The van der Waals surface area contributed by atoms with Crippen molar-refractivity contribution in [3.05, 3.63) is 18.2 Å². The van der Waals surface area contributed by atoms with E-state index in [0.29, 0.717) is 18.4 Å². The lowest BCUT2D eigenvalue weighted by Crippen LogP contribution is -2.41. The maximum Gasteiger partial charge on any atom is 0.194 e. The third-order valence-corrected chi connectivity index (χ3v) is 3.99. The molecule has 2 rings (SSSR count). The molecule has 1 N–H and O–H groups in total. The minimum atomic E-state index is 0. The number of ether oxygens (including phenoxy) is 1. The molecule has 1 aromatic rings. The zero-order chi connectivity index (χ0) is 16.7. The first-order valence-electron chi connectivity index (χ1n) is 8.67. The summed E-state index contributed by atoms with van der Waals surface area (Å²) in [5.74, 6) is 3.17. The van der Waals surface area contributed by atoms with Gasteiger partial charge in [-0.15, -0.1) is 24.0 Å². The number of nitrogens with one attached hydrogen (secondary N) is 1. The van der Waals surface area contributed by atoms with Crippen LogP contribution >= 0.6 is 24.0 Å². The van der Waals surface area contributed by atoms with Gasteiger partial charge in [-0.05, 0) is 19.3 Å². The molecule has 1 aliphatic heterocycles. The summed E-state index contributed by atoms with van der Waals surface area (Å²) < 4.78 is 7.67. The number of aliphatic imine (C=N–C) groups is 1. The van der Waals surface area contributed by atoms with E-state index in [2.05, 4.69) is 47.6 Å². The Morgan fingerprint density at radius 2 is 2.33 bits per heavy atom. The first kappa shape index (κ1) is 21.2. The lowest BCUT2D eigenvalue weighted by Gasteiger charge is -2.24. The van der Waals surface area contributed by atoms with Gasteiger partial charge in [-0.2, -0.15) is 0 Å². The van der Waals surface area contributed by atoms with Gasteiger partial charge in [0.05, 0.1) is 6.61 Å². The van der Waals surface area contributed by atoms with E-state index in [1.165, 1.54) is 0 Å². The van der Waals surface area contributed by atoms with Crippen LogP contribution in [0.2, 0.25) is 0 Å². The third kappa shape index (κ3) is 6.58. The summed E-state index contributed by atoms with van der Waals surface area (Å²) in [6, 6.07) is 0. The van der Waals surface area contributed by atoms with Crippen molar-refractivity contribution in [2.24, 2.45) is 16.8 Å². The highest BCUT2D eigenvalue weighted by Crippen LogP contribution is 2.13. The van der Waals surface area contributed by atoms with E-state index in [1.54, 1.807) is 0 Å². The molecule has 0 spiro atoms. The van der Waals surface area contributed by atoms with Gasteiger partial charge in [-0.1, -0.05) is 13.8 Å². The molecule has 0 aliphatic carbocycles. The molecule has 7 heteroatoms. The molecule has 2 heterocycles. The smallest absolute Gasteiger partial charge is 0.194 e. The Morgan fingerprint density at radius 3 is 2.96 bits per heavy atom. The van der Waals surface area contributed by atoms with Gasteiger partial charge in [0.25, 0.3) is 0 Å². The Morgan fingerprint density at radius 1 is 1.54 bits per heavy atom. The summed E-state index contributed by atoms with van der Waals surface area (Å²) >= 11 is 0. The van der Waals surface area contributed by atoms with Gasteiger partial charge < -0.3 is 19.5 Å². The molecule has 0 saturated carbocycles. The van der Waals surface area contributed by atoms with Crippen molar-refractivity contribution in [3.63, 3.8) is 0 Å². The second-order valence-electron chi connectivity index (χ2n) is 6.67. The van der Waals surface area contributed by atoms with Crippen molar-refractivity contribution in [1.29, 1.82) is 0 Å². The molecule has 0 radical (unpaired) electrons. The van der Waals surface area contributed by atoms with Crippen LogP contribution in [0.4, 0.5) is 0 Å². The van der Waals surface area contributed by atoms with Crippen molar-refractivity contribution in [1.82, 2.24) is 19.8 Å². The van der Waals surface area contributed by atoms with Gasteiger partial charge in [-0.25, -0.2) is 9.98 Å². The van der Waals surface area contributed by atoms with E-state index in [4.69, 9.17) is 9.73 Å². The molecule has 1 saturated heterocycles. The highest BCUT2D eigenvalue weighted by molar-refractivity contribution is 14.0. The largest absolute Gasteiger partial charge is 0.381 e. The molecule has 0 aromatic carbocycles. The molecule has 6 nitrogen and oxygen atoms in total. The van der Waals surface area contributed by atoms with Crippen LogP contribution < -0.4 is 5.32 Å². The highest BCUT2D eigenvalue weighted by Gasteiger charge is 2.19. The fourth-order valence-corrected chi connectivity index (χ4v) is 2.87. The quantitative estimate of drug-likeness (QED) is 0.395. The second kappa shape index (κ2) is 10.9. The molecule has 1 unspecified atom stereocenters. The number of halogens is 1. The van der Waals surface area contributed by atoms with E-state index < -0.39 is 0 Å². The standard InChI is InChI=1S/C17H31N5O.HI/c1-5-18-17(21(4)12-15-6-9-23-13-15)20-10-16-19-7-8-22(16)11-14(2)3;/h7-8,14-15H,5-6,9-13H2,1-4H3,(H,18,20);1H. The fraction of sp³-hybridized carbons (Fsp3) is 0.765. The van der Waals surface area contributed by atoms with Gasteiger partial charge in [0.15, 0.2) is 5.96 Å². The van der Waals surface area contributed by atoms with Crippen LogP contribution in [0, 0.1) is 11.8 Å². The molecule has 1 fully saturated rings. The summed E-state index contributed by atoms with van der Waals surface area (Å²) in [4.78, 5) is 11.4. The summed E-state index contributed by atoms with van der Waals surface area (Å²) in [6.07, 6.45) is 5.04. The lowest BCUT2D eigenvalue weighted by atomic mass is 10.1. The first-order chi connectivity index (χ1) is 11.1. The van der Waals surface area contributed by atoms with Gasteiger partial charge in [0.1, 0.15) is 12.4 Å². The maximum absolute atomic E-state index is 5.47. The Balaban J connectivity index is 0.00000288. The van der Waals surface area contributed by atoms with E-state index in [1.807, 2.05) is 12.4 Å². The number of rotatable bonds is 7. The minimum absolute atomic E-state index is 0. The van der Waals surface area contributed by atoms with Crippen LogP contribution in [0.15, 0.2) is 17.4 Å². The van der Waals surface area contributed by atoms with E-state index >= 15 is 0 Å². The molecule has 0 bridgehead atoms. The molecule has 138 valence electrons. The second-order valence-corrected chi connectivity index (χ2v) is 6.67. The van der Waals surface area contributed by atoms with Crippen LogP contribution in [0.3, 0.4) is 0 Å². The predicted molar refractivity (Wildman–Crippen MR) is 109 cm³/mol. The Hall–Kier alpha value is -0.830. The third-order valence-electron chi connectivity index (χ3n) is 3.99. The monoisotopic (exact) mass is 449 g/mol. The van der Waals surface area contributed by atoms with E-state index in [9.17, 15) is 0 Å². The van der Waals surface area contributed by atoms with Crippen molar-refractivity contribution in [2.45, 2.75) is 40.3 Å². The highest BCUT2D eigenvalue weighted by atomic mass is 127. The molecular formula is C17H32IN5O. The van der Waals surface area contributed by atoms with Gasteiger partial charge >= 0.3 is 0 Å². The number of guanidine groups is 1. The average Bonchev–Trinajstić information content (AvgIpc) is 3.15. The Bertz CT molecular complexity index is 497. The van der Waals surface area contributed by atoms with Crippen LogP contribution in [-0.4, -0.2) is 53.8 Å². The van der Waals surface area contributed by atoms with E-state index in [0.717, 1.165) is 51.1 Å². The van der Waals surface area contributed by atoms with Crippen LogP contribution in [0.1, 0.15) is 33.0 Å². The fourth-order valence-electron chi connectivity index (χ4n) is 2.87. The molecule has 1 aliphatic rings. The van der Waals surface area contributed by atoms with Crippen LogP contribution in [0.25, 0.3) is 0 Å². The Kier molecular flexibility index (Phi) is 9.65. The SMILES string of the molecule is CCNC(=NCc1nccn1CC(C)C)N(C)CC1CCOC1.I. The first-order valence-corrected chi connectivity index (χ1v) is 8.67. The number of hydrogen-bond acceptors (Lipinski definition) is 3. The maximum atomic E-state index is 5.47. The summed E-state index contributed by atoms with van der Waals surface area (Å²) in [6.45, 7) is 11.7. The number of imidazole rings is 1. The molecular weight excluding hydrogens is 417 g/mol. The van der Waals surface area contributed by atoms with Crippen molar-refractivity contribution >= 4 is 29.9 Å².